The van der Waals surface area contributed by atoms with Gasteiger partial charge in [-0.3, -0.25) is 14.6 Å². The van der Waals surface area contributed by atoms with Gasteiger partial charge in [-0.15, -0.1) is 11.8 Å². The van der Waals surface area contributed by atoms with E-state index in [2.05, 4.69) is 40.4 Å². The third kappa shape index (κ3) is 2.44. The lowest BCUT2D eigenvalue weighted by Crippen LogP contribution is -2.32. The van der Waals surface area contributed by atoms with Crippen molar-refractivity contribution in [3.05, 3.63) is 54.2 Å². The van der Waals surface area contributed by atoms with Crippen molar-refractivity contribution in [2.75, 3.05) is 17.7 Å². The Kier molecular flexibility index (Phi) is 3.83. The van der Waals surface area contributed by atoms with E-state index in [9.17, 15) is 4.79 Å². The molecule has 0 bridgehead atoms. The van der Waals surface area contributed by atoms with Crippen LogP contribution in [-0.2, 0) is 4.79 Å². The van der Waals surface area contributed by atoms with E-state index in [-0.39, 0.29) is 18.1 Å². The van der Waals surface area contributed by atoms with E-state index in [0.29, 0.717) is 0 Å². The molecule has 4 nitrogen and oxygen atoms in total. The fourth-order valence-electron chi connectivity index (χ4n) is 3.63. The molecule has 23 heavy (non-hydrogen) atoms. The summed E-state index contributed by atoms with van der Waals surface area (Å²) in [5.74, 6) is 0.922. The van der Waals surface area contributed by atoms with Gasteiger partial charge in [-0.05, 0) is 48.9 Å². The summed E-state index contributed by atoms with van der Waals surface area (Å²) in [4.78, 5) is 22.8. The van der Waals surface area contributed by atoms with Crippen molar-refractivity contribution in [3.8, 4) is 0 Å². The van der Waals surface area contributed by atoms with Crippen LogP contribution in [0, 0.1) is 0 Å². The molecule has 2 saturated heterocycles. The van der Waals surface area contributed by atoms with Crippen LogP contribution in [0.1, 0.15) is 24.6 Å². The first kappa shape index (κ1) is 14.7. The lowest BCUT2D eigenvalue weighted by atomic mass is 10.1. The summed E-state index contributed by atoms with van der Waals surface area (Å²) in [5.41, 5.74) is 1.16. The van der Waals surface area contributed by atoms with Crippen molar-refractivity contribution in [2.24, 2.45) is 0 Å². The zero-order valence-corrected chi connectivity index (χ0v) is 13.9. The molecule has 0 spiro atoms. The van der Waals surface area contributed by atoms with E-state index >= 15 is 0 Å². The molecule has 2 aromatic rings. The number of pyridine rings is 1. The summed E-state index contributed by atoms with van der Waals surface area (Å²) in [7, 11) is 0. The van der Waals surface area contributed by atoms with Crippen LogP contribution in [-0.4, -0.2) is 34.6 Å². The van der Waals surface area contributed by atoms with Crippen LogP contribution in [0.5, 0.6) is 0 Å². The van der Waals surface area contributed by atoms with Gasteiger partial charge in [-0.1, -0.05) is 18.2 Å². The number of amides is 1. The maximum Gasteiger partial charge on any atom is 0.247 e. The number of thioether (sulfide) groups is 1. The number of carbonyl (C=O) groups excluding carboxylic acids is 1. The van der Waals surface area contributed by atoms with Gasteiger partial charge in [0, 0.05) is 17.6 Å². The van der Waals surface area contributed by atoms with Crippen molar-refractivity contribution >= 4 is 23.5 Å². The highest BCUT2D eigenvalue weighted by Gasteiger charge is 2.49. The summed E-state index contributed by atoms with van der Waals surface area (Å²) in [6.45, 7) is 0.967. The molecule has 2 atom stereocenters. The van der Waals surface area contributed by atoms with Gasteiger partial charge in [0.15, 0.2) is 0 Å². The highest BCUT2D eigenvalue weighted by atomic mass is 32.2. The van der Waals surface area contributed by atoms with Crippen LogP contribution < -0.4 is 4.90 Å². The third-order valence-electron chi connectivity index (χ3n) is 4.69. The molecule has 0 N–H and O–H groups in total. The molecule has 0 radical (unpaired) electrons. The number of carbonyl (C=O) groups is 1. The molecule has 0 saturated carbocycles. The first-order chi connectivity index (χ1) is 11.3. The predicted molar refractivity (Wildman–Crippen MR) is 92.4 cm³/mol. The Morgan fingerprint density at radius 3 is 2.70 bits per heavy atom. The summed E-state index contributed by atoms with van der Waals surface area (Å²) in [6, 6.07) is 14.3. The average molecular weight is 325 g/mol. The number of rotatable bonds is 3. The molecule has 4 rings (SSSR count). The minimum absolute atomic E-state index is 0.00207. The second-order valence-electron chi connectivity index (χ2n) is 5.94. The highest BCUT2D eigenvalue weighted by Crippen LogP contribution is 2.41. The van der Waals surface area contributed by atoms with Gasteiger partial charge in [0.1, 0.15) is 12.0 Å². The van der Waals surface area contributed by atoms with E-state index in [4.69, 9.17) is 0 Å². The van der Waals surface area contributed by atoms with Gasteiger partial charge in [0.25, 0.3) is 0 Å². The number of hydrogen-bond donors (Lipinski definition) is 0. The summed E-state index contributed by atoms with van der Waals surface area (Å²) >= 11 is 1.73. The first-order valence-corrected chi connectivity index (χ1v) is 9.16. The van der Waals surface area contributed by atoms with E-state index in [1.54, 1.807) is 18.0 Å². The number of benzene rings is 1. The third-order valence-corrected chi connectivity index (χ3v) is 5.43. The topological polar surface area (TPSA) is 36.4 Å². The van der Waals surface area contributed by atoms with E-state index in [0.717, 1.165) is 30.8 Å². The minimum atomic E-state index is -0.0409. The Hall–Kier alpha value is -1.85. The lowest BCUT2D eigenvalue weighted by Gasteiger charge is -2.29. The lowest BCUT2D eigenvalue weighted by molar-refractivity contribution is -0.119. The fraction of sp³-hybridized carbons (Fsp3) is 0.333. The molecule has 2 fully saturated rings. The van der Waals surface area contributed by atoms with Crippen molar-refractivity contribution in [2.45, 2.75) is 29.9 Å². The molecule has 1 aromatic carbocycles. The van der Waals surface area contributed by atoms with Crippen molar-refractivity contribution in [3.63, 3.8) is 0 Å². The van der Waals surface area contributed by atoms with Crippen LogP contribution in [0.15, 0.2) is 53.6 Å². The molecule has 5 heteroatoms. The molecule has 2 aliphatic heterocycles. The molecule has 1 aromatic heterocycles. The zero-order valence-electron chi connectivity index (χ0n) is 13.1. The van der Waals surface area contributed by atoms with Gasteiger partial charge in [-0.2, -0.15) is 0 Å². The number of fused-ring (bicyclic) bond motifs is 1. The molecular formula is C18H19N3OS. The Morgan fingerprint density at radius 2 is 2.00 bits per heavy atom. The molecular weight excluding hydrogens is 306 g/mol. The quantitative estimate of drug-likeness (QED) is 0.811. The van der Waals surface area contributed by atoms with Crippen molar-refractivity contribution in [1.29, 1.82) is 0 Å². The SMILES string of the molecule is CSc1ccc([C@@H]2N(c3ccccn3)C(=O)[C@H]3CCCN32)cc1. The van der Waals surface area contributed by atoms with E-state index < -0.39 is 0 Å². The first-order valence-electron chi connectivity index (χ1n) is 7.93. The van der Waals surface area contributed by atoms with Crippen LogP contribution in [0.25, 0.3) is 0 Å². The van der Waals surface area contributed by atoms with Gasteiger partial charge >= 0.3 is 0 Å². The van der Waals surface area contributed by atoms with Crippen LogP contribution in [0.2, 0.25) is 0 Å². The number of nitrogens with zero attached hydrogens (tertiary/aromatic N) is 3. The molecule has 2 aliphatic rings. The number of aromatic nitrogens is 1. The Labute approximate surface area is 140 Å². The Morgan fingerprint density at radius 1 is 1.17 bits per heavy atom. The van der Waals surface area contributed by atoms with Crippen molar-refractivity contribution < 1.29 is 4.79 Å². The van der Waals surface area contributed by atoms with E-state index in [1.807, 2.05) is 23.1 Å². The largest absolute Gasteiger partial charge is 0.275 e. The average Bonchev–Trinajstić information content (AvgIpc) is 3.18. The number of anilines is 1. The van der Waals surface area contributed by atoms with Crippen LogP contribution in [0.3, 0.4) is 0 Å². The Bertz CT molecular complexity index is 704. The predicted octanol–water partition coefficient (Wildman–Crippen LogP) is 3.31. The molecule has 3 heterocycles. The summed E-state index contributed by atoms with van der Waals surface area (Å²) in [6.07, 6.45) is 5.82. The smallest absolute Gasteiger partial charge is 0.247 e. The highest BCUT2D eigenvalue weighted by molar-refractivity contribution is 7.98. The molecule has 1 amide bonds. The van der Waals surface area contributed by atoms with E-state index in [1.165, 1.54) is 4.90 Å². The standard InChI is InChI=1S/C18H19N3OS/c1-23-14-9-7-13(8-10-14)17-20-12-4-5-15(20)18(22)21(17)16-6-2-3-11-19-16/h2-3,6-11,15,17H,4-5,12H2,1H3/t15-,17+/m1/s1. The Balaban J connectivity index is 1.77. The van der Waals surface area contributed by atoms with Gasteiger partial charge in [0.2, 0.25) is 5.91 Å². The minimum Gasteiger partial charge on any atom is -0.275 e. The van der Waals surface area contributed by atoms with Crippen LogP contribution >= 0.6 is 11.8 Å². The molecule has 0 unspecified atom stereocenters. The second-order valence-corrected chi connectivity index (χ2v) is 6.82. The maximum absolute atomic E-state index is 12.9. The zero-order chi connectivity index (χ0) is 15.8. The maximum atomic E-state index is 12.9. The van der Waals surface area contributed by atoms with Gasteiger partial charge in [-0.25, -0.2) is 4.98 Å². The number of hydrogen-bond acceptors (Lipinski definition) is 4. The summed E-state index contributed by atoms with van der Waals surface area (Å²) in [5, 5.41) is 0. The fourth-order valence-corrected chi connectivity index (χ4v) is 4.04. The van der Waals surface area contributed by atoms with Crippen LogP contribution in [0.4, 0.5) is 5.82 Å². The second kappa shape index (κ2) is 5.98. The van der Waals surface area contributed by atoms with Crippen molar-refractivity contribution in [1.82, 2.24) is 9.88 Å². The molecule has 0 aliphatic carbocycles. The normalized spacial score (nSPS) is 24.2. The molecule has 118 valence electrons. The summed E-state index contributed by atoms with van der Waals surface area (Å²) < 4.78 is 0. The van der Waals surface area contributed by atoms with Gasteiger partial charge in [0.05, 0.1) is 6.04 Å². The monoisotopic (exact) mass is 325 g/mol. The van der Waals surface area contributed by atoms with Gasteiger partial charge < -0.3 is 0 Å².